The van der Waals surface area contributed by atoms with Gasteiger partial charge in [-0.15, -0.1) is 0 Å². The third-order valence-corrected chi connectivity index (χ3v) is 4.45. The Morgan fingerprint density at radius 2 is 1.86 bits per heavy atom. The van der Waals surface area contributed by atoms with E-state index in [-0.39, 0.29) is 0 Å². The lowest BCUT2D eigenvalue weighted by Gasteiger charge is -2.30. The van der Waals surface area contributed by atoms with Crippen molar-refractivity contribution in [2.45, 2.75) is 44.6 Å². The van der Waals surface area contributed by atoms with Gasteiger partial charge in [0.05, 0.1) is 6.10 Å². The van der Waals surface area contributed by atoms with Gasteiger partial charge >= 0.3 is 0 Å². The Morgan fingerprint density at radius 1 is 1.05 bits per heavy atom. The van der Waals surface area contributed by atoms with Gasteiger partial charge in [-0.25, -0.2) is 0 Å². The first kappa shape index (κ1) is 14.0. The van der Waals surface area contributed by atoms with Crippen molar-refractivity contribution in [1.29, 1.82) is 0 Å². The number of rotatable bonds is 3. The molecule has 0 heterocycles. The topological polar surface area (TPSA) is 35.2 Å². The van der Waals surface area contributed by atoms with E-state index in [0.717, 1.165) is 29.8 Å². The molecule has 2 atom stereocenters. The molecule has 1 aliphatic rings. The van der Waals surface area contributed by atoms with Gasteiger partial charge in [-0.3, -0.25) is 0 Å². The number of ether oxygens (including phenoxy) is 1. The first-order valence-electron chi connectivity index (χ1n) is 7.80. The molecule has 1 fully saturated rings. The molecule has 0 radical (unpaired) electrons. The Hall–Kier alpha value is -1.96. The fraction of sp³-hybridized carbons (Fsp3) is 0.368. The highest BCUT2D eigenvalue weighted by atomic mass is 16.5. The number of anilines is 1. The maximum absolute atomic E-state index is 6.16. The van der Waals surface area contributed by atoms with Crippen LogP contribution in [-0.4, -0.2) is 6.10 Å². The minimum absolute atomic E-state index is 0.297. The van der Waals surface area contributed by atoms with Gasteiger partial charge in [0.1, 0.15) is 5.75 Å². The van der Waals surface area contributed by atoms with Gasteiger partial charge in [0.15, 0.2) is 0 Å². The van der Waals surface area contributed by atoms with E-state index < -0.39 is 0 Å². The van der Waals surface area contributed by atoms with Gasteiger partial charge < -0.3 is 10.5 Å². The zero-order valence-corrected chi connectivity index (χ0v) is 12.6. The molecule has 0 saturated heterocycles. The van der Waals surface area contributed by atoms with Crippen LogP contribution in [0.25, 0.3) is 0 Å². The molecular weight excluding hydrogens is 258 g/mol. The molecule has 3 rings (SSSR count). The summed E-state index contributed by atoms with van der Waals surface area (Å²) in [7, 11) is 0. The van der Waals surface area contributed by atoms with E-state index in [0.29, 0.717) is 12.0 Å². The van der Waals surface area contributed by atoms with Crippen molar-refractivity contribution in [3.05, 3.63) is 59.7 Å². The van der Waals surface area contributed by atoms with Crippen LogP contribution in [0.5, 0.6) is 5.75 Å². The van der Waals surface area contributed by atoms with Crippen molar-refractivity contribution in [1.82, 2.24) is 0 Å². The molecule has 2 aromatic rings. The summed E-state index contributed by atoms with van der Waals surface area (Å²) < 4.78 is 6.16. The quantitative estimate of drug-likeness (QED) is 0.829. The molecule has 0 aromatic heterocycles. The molecule has 1 saturated carbocycles. The highest BCUT2D eigenvalue weighted by molar-refractivity contribution is 5.50. The summed E-state index contributed by atoms with van der Waals surface area (Å²) in [4.78, 5) is 0. The number of nitrogens with two attached hydrogens (primary N) is 1. The minimum Gasteiger partial charge on any atom is -0.490 e. The lowest BCUT2D eigenvalue weighted by atomic mass is 9.82. The van der Waals surface area contributed by atoms with Gasteiger partial charge in [-0.05, 0) is 55.7 Å². The van der Waals surface area contributed by atoms with Crippen LogP contribution in [-0.2, 0) is 0 Å². The van der Waals surface area contributed by atoms with Crippen molar-refractivity contribution in [2.24, 2.45) is 0 Å². The van der Waals surface area contributed by atoms with E-state index in [1.54, 1.807) is 0 Å². The monoisotopic (exact) mass is 281 g/mol. The lowest BCUT2D eigenvalue weighted by Crippen LogP contribution is -2.24. The predicted molar refractivity (Wildman–Crippen MR) is 87.7 cm³/mol. The van der Waals surface area contributed by atoms with Crippen LogP contribution in [0.2, 0.25) is 0 Å². The minimum atomic E-state index is 0.297. The standard InChI is InChI=1S/C19H23NO/c1-14-10-11-18(13-19(14)20)21-17-9-5-8-16(12-17)15-6-3-2-4-7-15/h2-4,6-7,10-11,13,16-17H,5,8-9,12,20H2,1H3. The molecule has 2 N–H and O–H groups in total. The zero-order chi connectivity index (χ0) is 14.7. The predicted octanol–water partition coefficient (Wildman–Crippen LogP) is 4.68. The van der Waals surface area contributed by atoms with Crippen molar-refractivity contribution in [2.75, 3.05) is 5.73 Å². The summed E-state index contributed by atoms with van der Waals surface area (Å²) in [5.41, 5.74) is 9.32. The average molecular weight is 281 g/mol. The molecule has 0 amide bonds. The van der Waals surface area contributed by atoms with Crippen LogP contribution in [0.4, 0.5) is 5.69 Å². The van der Waals surface area contributed by atoms with Crippen LogP contribution in [0.1, 0.15) is 42.7 Å². The van der Waals surface area contributed by atoms with Crippen LogP contribution < -0.4 is 10.5 Å². The fourth-order valence-electron chi connectivity index (χ4n) is 3.16. The van der Waals surface area contributed by atoms with Crippen LogP contribution in [0.15, 0.2) is 48.5 Å². The van der Waals surface area contributed by atoms with Crippen molar-refractivity contribution in [3.8, 4) is 5.75 Å². The number of nitrogen functional groups attached to an aromatic ring is 1. The first-order chi connectivity index (χ1) is 10.2. The lowest BCUT2D eigenvalue weighted by molar-refractivity contribution is 0.143. The number of benzene rings is 2. The molecule has 21 heavy (non-hydrogen) atoms. The second-order valence-electron chi connectivity index (χ2n) is 6.03. The van der Waals surface area contributed by atoms with E-state index in [1.165, 1.54) is 18.4 Å². The first-order valence-corrected chi connectivity index (χ1v) is 7.80. The van der Waals surface area contributed by atoms with Crippen molar-refractivity contribution in [3.63, 3.8) is 0 Å². The van der Waals surface area contributed by atoms with Gasteiger partial charge in [-0.1, -0.05) is 36.4 Å². The normalized spacial score (nSPS) is 22.0. The molecular formula is C19H23NO. The molecule has 0 bridgehead atoms. The number of aryl methyl sites for hydroxylation is 1. The summed E-state index contributed by atoms with van der Waals surface area (Å²) in [6.45, 7) is 2.02. The number of hydrogen-bond donors (Lipinski definition) is 1. The highest BCUT2D eigenvalue weighted by Crippen LogP contribution is 2.35. The summed E-state index contributed by atoms with van der Waals surface area (Å²) in [5, 5.41) is 0. The van der Waals surface area contributed by atoms with Crippen LogP contribution >= 0.6 is 0 Å². The van der Waals surface area contributed by atoms with Gasteiger partial charge in [0.2, 0.25) is 0 Å². The molecule has 0 aliphatic heterocycles. The van der Waals surface area contributed by atoms with Gasteiger partial charge in [-0.2, -0.15) is 0 Å². The molecule has 2 heteroatoms. The van der Waals surface area contributed by atoms with E-state index >= 15 is 0 Å². The maximum Gasteiger partial charge on any atom is 0.121 e. The Bertz CT molecular complexity index is 594. The van der Waals surface area contributed by atoms with Gasteiger partial charge in [0, 0.05) is 11.8 Å². The second kappa shape index (κ2) is 6.21. The van der Waals surface area contributed by atoms with Crippen LogP contribution in [0.3, 0.4) is 0 Å². The number of hydrogen-bond acceptors (Lipinski definition) is 2. The third-order valence-electron chi connectivity index (χ3n) is 4.45. The SMILES string of the molecule is Cc1ccc(OC2CCCC(c3ccccc3)C2)cc1N. The average Bonchev–Trinajstić information content (AvgIpc) is 2.52. The molecule has 2 aromatic carbocycles. The summed E-state index contributed by atoms with van der Waals surface area (Å²) in [6, 6.07) is 16.8. The maximum atomic E-state index is 6.16. The van der Waals surface area contributed by atoms with Crippen molar-refractivity contribution < 1.29 is 4.74 Å². The molecule has 1 aliphatic carbocycles. The fourth-order valence-corrected chi connectivity index (χ4v) is 3.16. The van der Waals surface area contributed by atoms with Crippen molar-refractivity contribution >= 4 is 5.69 Å². The van der Waals surface area contributed by atoms with Crippen LogP contribution in [0, 0.1) is 6.92 Å². The summed E-state index contributed by atoms with van der Waals surface area (Å²) >= 11 is 0. The molecule has 2 nitrogen and oxygen atoms in total. The van der Waals surface area contributed by atoms with E-state index in [9.17, 15) is 0 Å². The summed E-state index contributed by atoms with van der Waals surface area (Å²) in [6.07, 6.45) is 5.02. The van der Waals surface area contributed by atoms with E-state index in [2.05, 4.69) is 30.3 Å². The molecule has 0 spiro atoms. The largest absolute Gasteiger partial charge is 0.490 e. The molecule has 110 valence electrons. The highest BCUT2D eigenvalue weighted by Gasteiger charge is 2.24. The van der Waals surface area contributed by atoms with E-state index in [1.807, 2.05) is 25.1 Å². The smallest absolute Gasteiger partial charge is 0.121 e. The Morgan fingerprint density at radius 3 is 2.62 bits per heavy atom. The Balaban J connectivity index is 1.67. The third kappa shape index (κ3) is 3.38. The Labute approximate surface area is 126 Å². The Kier molecular flexibility index (Phi) is 4.14. The molecule has 2 unspecified atom stereocenters. The second-order valence-corrected chi connectivity index (χ2v) is 6.03. The van der Waals surface area contributed by atoms with Gasteiger partial charge in [0.25, 0.3) is 0 Å². The summed E-state index contributed by atoms with van der Waals surface area (Å²) in [5.74, 6) is 1.52. The zero-order valence-electron chi connectivity index (χ0n) is 12.6. The van der Waals surface area contributed by atoms with E-state index in [4.69, 9.17) is 10.5 Å².